The maximum Gasteiger partial charge on any atom is 0.334 e. The Kier molecular flexibility index (Phi) is 16.2. The molecule has 0 N–H and O–H groups in total. The lowest BCUT2D eigenvalue weighted by molar-refractivity contribution is -0.142. The number of rotatable bonds is 16. The molecule has 152 valence electrons. The summed E-state index contributed by atoms with van der Waals surface area (Å²) in [4.78, 5) is 25.3. The summed E-state index contributed by atoms with van der Waals surface area (Å²) in [7, 11) is 0. The fourth-order valence-electron chi connectivity index (χ4n) is 2.65. The lowest BCUT2D eigenvalue weighted by Gasteiger charge is -2.15. The monoisotopic (exact) mass is 368 g/mol. The number of unbranched alkanes of at least 4 members (excludes halogenated alkanes) is 6. The highest BCUT2D eigenvalue weighted by atomic mass is 16.5. The quantitative estimate of drug-likeness (QED) is 0.187. The first-order valence-electron chi connectivity index (χ1n) is 10.7. The predicted molar refractivity (Wildman–Crippen MR) is 107 cm³/mol. The zero-order chi connectivity index (χ0) is 19.6. The van der Waals surface area contributed by atoms with E-state index >= 15 is 0 Å². The number of carbonyl (C=O) groups excluding carboxylic acids is 2. The Balaban J connectivity index is 5.33. The van der Waals surface area contributed by atoms with Crippen LogP contribution in [0.3, 0.4) is 0 Å². The molecule has 0 spiro atoms. The van der Waals surface area contributed by atoms with Gasteiger partial charge in [-0.25, -0.2) is 9.59 Å². The van der Waals surface area contributed by atoms with Gasteiger partial charge in [0.05, 0.1) is 13.2 Å². The van der Waals surface area contributed by atoms with Crippen molar-refractivity contribution in [1.29, 1.82) is 0 Å². The Morgan fingerprint density at radius 1 is 0.538 bits per heavy atom. The molecule has 0 aliphatic carbocycles. The third kappa shape index (κ3) is 11.3. The Bertz CT molecular complexity index is 374. The van der Waals surface area contributed by atoms with E-state index in [1.54, 1.807) is 0 Å². The van der Waals surface area contributed by atoms with Gasteiger partial charge in [0, 0.05) is 11.1 Å². The maximum absolute atomic E-state index is 12.6. The fourth-order valence-corrected chi connectivity index (χ4v) is 2.65. The molecule has 0 bridgehead atoms. The zero-order valence-corrected chi connectivity index (χ0v) is 17.5. The predicted octanol–water partition coefficient (Wildman–Crippen LogP) is 6.13. The SMILES string of the molecule is CCCCC/C(C(=O)OCCCC)=C(\CCCCC)C(=O)OCCCC. The van der Waals surface area contributed by atoms with Gasteiger partial charge in [0.1, 0.15) is 0 Å². The van der Waals surface area contributed by atoms with Crippen molar-refractivity contribution in [3.63, 3.8) is 0 Å². The van der Waals surface area contributed by atoms with E-state index in [-0.39, 0.29) is 11.9 Å². The van der Waals surface area contributed by atoms with Crippen molar-refractivity contribution in [3.8, 4) is 0 Å². The average Bonchev–Trinajstić information content (AvgIpc) is 2.63. The molecule has 0 atom stereocenters. The first-order valence-corrected chi connectivity index (χ1v) is 10.7. The van der Waals surface area contributed by atoms with Gasteiger partial charge in [-0.3, -0.25) is 0 Å². The second-order valence-electron chi connectivity index (χ2n) is 6.85. The van der Waals surface area contributed by atoms with E-state index in [0.717, 1.165) is 64.2 Å². The molecule has 0 unspecified atom stereocenters. The minimum absolute atomic E-state index is 0.325. The van der Waals surface area contributed by atoms with Gasteiger partial charge in [-0.2, -0.15) is 0 Å². The van der Waals surface area contributed by atoms with Crippen LogP contribution in [0.2, 0.25) is 0 Å². The van der Waals surface area contributed by atoms with Crippen LogP contribution in [-0.4, -0.2) is 25.2 Å². The van der Waals surface area contributed by atoms with Crippen LogP contribution < -0.4 is 0 Å². The fraction of sp³-hybridized carbons (Fsp3) is 0.818. The van der Waals surface area contributed by atoms with Crippen LogP contribution in [0.4, 0.5) is 0 Å². The molecular formula is C22H40O4. The van der Waals surface area contributed by atoms with Gasteiger partial charge in [0.2, 0.25) is 0 Å². The van der Waals surface area contributed by atoms with Gasteiger partial charge in [0.25, 0.3) is 0 Å². The summed E-state index contributed by atoms with van der Waals surface area (Å²) in [6, 6.07) is 0. The van der Waals surface area contributed by atoms with Crippen LogP contribution in [0, 0.1) is 0 Å². The normalized spacial score (nSPS) is 11.8. The van der Waals surface area contributed by atoms with E-state index in [1.165, 1.54) is 0 Å². The van der Waals surface area contributed by atoms with Crippen molar-refractivity contribution in [1.82, 2.24) is 0 Å². The summed E-state index contributed by atoms with van der Waals surface area (Å²) >= 11 is 0. The van der Waals surface area contributed by atoms with E-state index < -0.39 is 0 Å². The van der Waals surface area contributed by atoms with Crippen molar-refractivity contribution >= 4 is 11.9 Å². The van der Waals surface area contributed by atoms with E-state index in [4.69, 9.17) is 9.47 Å². The Morgan fingerprint density at radius 2 is 0.885 bits per heavy atom. The van der Waals surface area contributed by atoms with Crippen LogP contribution in [0.15, 0.2) is 11.1 Å². The molecule has 0 fully saturated rings. The molecule has 0 radical (unpaired) electrons. The van der Waals surface area contributed by atoms with E-state index in [2.05, 4.69) is 27.7 Å². The van der Waals surface area contributed by atoms with Crippen LogP contribution in [0.1, 0.15) is 105 Å². The van der Waals surface area contributed by atoms with E-state index in [1.807, 2.05) is 0 Å². The van der Waals surface area contributed by atoms with Crippen molar-refractivity contribution in [3.05, 3.63) is 11.1 Å². The van der Waals surface area contributed by atoms with Crippen molar-refractivity contribution in [2.45, 2.75) is 105 Å². The molecule has 4 heteroatoms. The van der Waals surface area contributed by atoms with E-state index in [0.29, 0.717) is 37.2 Å². The molecule has 0 saturated heterocycles. The molecule has 0 aliphatic heterocycles. The molecule has 0 aromatic rings. The summed E-state index contributed by atoms with van der Waals surface area (Å²) in [5.74, 6) is -0.651. The molecule has 0 heterocycles. The second kappa shape index (κ2) is 17.1. The third-order valence-electron chi connectivity index (χ3n) is 4.38. The first-order chi connectivity index (χ1) is 12.6. The Morgan fingerprint density at radius 3 is 1.19 bits per heavy atom. The number of hydrogen-bond donors (Lipinski definition) is 0. The molecule has 0 amide bonds. The zero-order valence-electron chi connectivity index (χ0n) is 17.5. The topological polar surface area (TPSA) is 52.6 Å². The number of ether oxygens (including phenoxy) is 2. The van der Waals surface area contributed by atoms with Gasteiger partial charge >= 0.3 is 11.9 Å². The van der Waals surface area contributed by atoms with Crippen molar-refractivity contribution in [2.24, 2.45) is 0 Å². The van der Waals surface area contributed by atoms with Gasteiger partial charge in [0.15, 0.2) is 0 Å². The van der Waals surface area contributed by atoms with Crippen LogP contribution in [-0.2, 0) is 19.1 Å². The average molecular weight is 369 g/mol. The van der Waals surface area contributed by atoms with Gasteiger partial charge in [-0.1, -0.05) is 66.2 Å². The summed E-state index contributed by atoms with van der Waals surface area (Å²) in [5, 5.41) is 0. The second-order valence-corrected chi connectivity index (χ2v) is 6.85. The van der Waals surface area contributed by atoms with E-state index in [9.17, 15) is 9.59 Å². The van der Waals surface area contributed by atoms with Crippen LogP contribution in [0.25, 0.3) is 0 Å². The van der Waals surface area contributed by atoms with Gasteiger partial charge < -0.3 is 9.47 Å². The minimum atomic E-state index is -0.325. The highest BCUT2D eigenvalue weighted by Gasteiger charge is 2.22. The lowest BCUT2D eigenvalue weighted by atomic mass is 9.97. The molecule has 4 nitrogen and oxygen atoms in total. The molecule has 0 aromatic carbocycles. The molecule has 26 heavy (non-hydrogen) atoms. The van der Waals surface area contributed by atoms with Crippen molar-refractivity contribution < 1.29 is 19.1 Å². The summed E-state index contributed by atoms with van der Waals surface area (Å²) in [6.07, 6.45) is 10.9. The standard InChI is InChI=1S/C22H40O4/c1-5-9-13-15-19(21(23)25-17-11-7-3)20(16-14-10-6-2)22(24)26-18-12-8-4/h5-18H2,1-4H3/b20-19-. The highest BCUT2D eigenvalue weighted by Crippen LogP contribution is 2.22. The smallest absolute Gasteiger partial charge is 0.334 e. The summed E-state index contributed by atoms with van der Waals surface area (Å²) < 4.78 is 10.9. The molecule has 0 aromatic heterocycles. The summed E-state index contributed by atoms with van der Waals surface area (Å²) in [6.45, 7) is 9.22. The Labute approximate surface area is 160 Å². The lowest BCUT2D eigenvalue weighted by Crippen LogP contribution is -2.18. The van der Waals surface area contributed by atoms with Crippen LogP contribution >= 0.6 is 0 Å². The van der Waals surface area contributed by atoms with Crippen molar-refractivity contribution in [2.75, 3.05) is 13.2 Å². The first kappa shape index (κ1) is 24.7. The molecule has 0 aliphatic rings. The number of hydrogen-bond acceptors (Lipinski definition) is 4. The highest BCUT2D eigenvalue weighted by molar-refractivity contribution is 6.00. The largest absolute Gasteiger partial charge is 0.462 e. The van der Waals surface area contributed by atoms with Gasteiger partial charge in [-0.05, 0) is 38.5 Å². The maximum atomic E-state index is 12.6. The summed E-state index contributed by atoms with van der Waals surface area (Å²) in [5.41, 5.74) is 1.10. The number of esters is 2. The number of carbonyl (C=O) groups is 2. The van der Waals surface area contributed by atoms with Gasteiger partial charge in [-0.15, -0.1) is 0 Å². The molecule has 0 rings (SSSR count). The third-order valence-corrected chi connectivity index (χ3v) is 4.38. The molecule has 0 saturated carbocycles. The minimum Gasteiger partial charge on any atom is -0.462 e. The molecular weight excluding hydrogens is 328 g/mol. The Hall–Kier alpha value is -1.32. The van der Waals surface area contributed by atoms with Crippen LogP contribution in [0.5, 0.6) is 0 Å².